The fourth-order valence-electron chi connectivity index (χ4n) is 2.75. The van der Waals surface area contributed by atoms with Crippen molar-refractivity contribution in [3.05, 3.63) is 59.2 Å². The quantitative estimate of drug-likeness (QED) is 0.568. The SMILES string of the molecule is Cc1ccc(C)c2c1[nH]c1nc(SCc3ccccc3)nnc12. The van der Waals surface area contributed by atoms with Crippen molar-refractivity contribution >= 4 is 33.8 Å². The zero-order valence-corrected chi connectivity index (χ0v) is 13.8. The predicted octanol–water partition coefficient (Wildman–Crippen LogP) is 4.42. The van der Waals surface area contributed by atoms with Crippen LogP contribution in [0.2, 0.25) is 0 Å². The van der Waals surface area contributed by atoms with Gasteiger partial charge >= 0.3 is 0 Å². The first-order chi connectivity index (χ1) is 11.2. The van der Waals surface area contributed by atoms with Gasteiger partial charge in [0.2, 0.25) is 5.16 Å². The van der Waals surface area contributed by atoms with Gasteiger partial charge in [0.25, 0.3) is 0 Å². The summed E-state index contributed by atoms with van der Waals surface area (Å²) in [6.45, 7) is 4.18. The highest BCUT2D eigenvalue weighted by Gasteiger charge is 2.12. The molecule has 5 heteroatoms. The normalized spacial score (nSPS) is 11.4. The smallest absolute Gasteiger partial charge is 0.211 e. The molecule has 0 radical (unpaired) electrons. The lowest BCUT2D eigenvalue weighted by Gasteiger charge is -2.00. The van der Waals surface area contributed by atoms with E-state index in [1.54, 1.807) is 11.8 Å². The molecule has 2 aromatic carbocycles. The molecule has 4 aromatic rings. The molecule has 0 amide bonds. The van der Waals surface area contributed by atoms with Gasteiger partial charge in [0.1, 0.15) is 5.52 Å². The van der Waals surface area contributed by atoms with Crippen LogP contribution in [0.15, 0.2) is 47.6 Å². The van der Waals surface area contributed by atoms with Gasteiger partial charge in [0.15, 0.2) is 5.65 Å². The number of thioether (sulfide) groups is 1. The van der Waals surface area contributed by atoms with Gasteiger partial charge in [-0.25, -0.2) is 4.98 Å². The Bertz CT molecular complexity index is 992. The molecular formula is C18H16N4S. The summed E-state index contributed by atoms with van der Waals surface area (Å²) in [6, 6.07) is 14.6. The average Bonchev–Trinajstić information content (AvgIpc) is 2.97. The standard InChI is InChI=1S/C18H16N4S/c1-11-8-9-12(2)15-14(11)16-17(19-15)20-18(22-21-16)23-10-13-6-4-3-5-7-13/h3-9H,10H2,1-2H3,(H,19,20,22). The van der Waals surface area contributed by atoms with Crippen molar-refractivity contribution in [3.63, 3.8) is 0 Å². The van der Waals surface area contributed by atoms with Crippen LogP contribution in [0, 0.1) is 13.8 Å². The van der Waals surface area contributed by atoms with Crippen LogP contribution >= 0.6 is 11.8 Å². The van der Waals surface area contributed by atoms with Crippen molar-refractivity contribution in [1.29, 1.82) is 0 Å². The third-order valence-electron chi connectivity index (χ3n) is 3.98. The van der Waals surface area contributed by atoms with E-state index in [0.29, 0.717) is 5.16 Å². The molecule has 0 spiro atoms. The van der Waals surface area contributed by atoms with Crippen molar-refractivity contribution in [3.8, 4) is 0 Å². The molecule has 4 rings (SSSR count). The Kier molecular flexibility index (Phi) is 3.50. The number of nitrogens with zero attached hydrogens (tertiary/aromatic N) is 3. The highest BCUT2D eigenvalue weighted by Crippen LogP contribution is 2.29. The number of aromatic amines is 1. The topological polar surface area (TPSA) is 54.5 Å². The molecule has 23 heavy (non-hydrogen) atoms. The Labute approximate surface area is 138 Å². The van der Waals surface area contributed by atoms with Gasteiger partial charge in [-0.3, -0.25) is 0 Å². The van der Waals surface area contributed by atoms with Crippen molar-refractivity contribution < 1.29 is 0 Å². The maximum atomic E-state index is 4.64. The number of rotatable bonds is 3. The zero-order chi connectivity index (χ0) is 15.8. The summed E-state index contributed by atoms with van der Waals surface area (Å²) < 4.78 is 0. The van der Waals surface area contributed by atoms with Crippen LogP contribution in [0.25, 0.3) is 22.1 Å². The zero-order valence-electron chi connectivity index (χ0n) is 13.0. The second-order valence-corrected chi connectivity index (χ2v) is 6.58. The summed E-state index contributed by atoms with van der Waals surface area (Å²) in [7, 11) is 0. The number of aromatic nitrogens is 4. The first-order valence-electron chi connectivity index (χ1n) is 7.51. The number of aryl methyl sites for hydroxylation is 2. The van der Waals surface area contributed by atoms with E-state index in [9.17, 15) is 0 Å². The Morgan fingerprint density at radius 2 is 1.74 bits per heavy atom. The molecule has 0 bridgehead atoms. The van der Waals surface area contributed by atoms with Gasteiger partial charge in [-0.15, -0.1) is 10.2 Å². The summed E-state index contributed by atoms with van der Waals surface area (Å²) >= 11 is 1.60. The van der Waals surface area contributed by atoms with Gasteiger partial charge in [-0.1, -0.05) is 54.2 Å². The molecule has 0 aliphatic rings. The summed E-state index contributed by atoms with van der Waals surface area (Å²) in [6.07, 6.45) is 0. The van der Waals surface area contributed by atoms with Gasteiger partial charge < -0.3 is 4.98 Å². The van der Waals surface area contributed by atoms with Gasteiger partial charge in [0.05, 0.1) is 5.52 Å². The highest BCUT2D eigenvalue weighted by atomic mass is 32.2. The molecule has 4 nitrogen and oxygen atoms in total. The van der Waals surface area contributed by atoms with Crippen LogP contribution in [-0.4, -0.2) is 20.2 Å². The predicted molar refractivity (Wildman–Crippen MR) is 94.7 cm³/mol. The molecule has 0 fully saturated rings. The molecule has 0 aliphatic carbocycles. The number of hydrogen-bond donors (Lipinski definition) is 1. The minimum absolute atomic E-state index is 0.697. The highest BCUT2D eigenvalue weighted by molar-refractivity contribution is 7.98. The fraction of sp³-hybridized carbons (Fsp3) is 0.167. The Balaban J connectivity index is 1.72. The molecule has 2 aromatic heterocycles. The summed E-state index contributed by atoms with van der Waals surface area (Å²) in [5.74, 6) is 0.840. The molecule has 0 saturated heterocycles. The minimum Gasteiger partial charge on any atom is -0.337 e. The summed E-state index contributed by atoms with van der Waals surface area (Å²) in [4.78, 5) is 8.04. The largest absolute Gasteiger partial charge is 0.337 e. The Morgan fingerprint density at radius 3 is 2.57 bits per heavy atom. The maximum absolute atomic E-state index is 4.64. The Hall–Kier alpha value is -2.40. The van der Waals surface area contributed by atoms with E-state index in [-0.39, 0.29) is 0 Å². The molecule has 2 heterocycles. The van der Waals surface area contributed by atoms with E-state index < -0.39 is 0 Å². The first kappa shape index (κ1) is 14.2. The second kappa shape index (κ2) is 5.66. The first-order valence-corrected chi connectivity index (χ1v) is 8.50. The van der Waals surface area contributed by atoms with E-state index in [0.717, 1.165) is 27.8 Å². The minimum atomic E-state index is 0.697. The van der Waals surface area contributed by atoms with Crippen LogP contribution < -0.4 is 0 Å². The lowest BCUT2D eigenvalue weighted by atomic mass is 10.1. The molecule has 0 unspecified atom stereocenters. The summed E-state index contributed by atoms with van der Waals surface area (Å²) in [5.41, 5.74) is 6.41. The number of nitrogens with one attached hydrogen (secondary N) is 1. The number of H-pyrrole nitrogens is 1. The van der Waals surface area contributed by atoms with Crippen LogP contribution in [0.1, 0.15) is 16.7 Å². The second-order valence-electron chi connectivity index (χ2n) is 5.64. The van der Waals surface area contributed by atoms with Crippen molar-refractivity contribution in [2.75, 3.05) is 0 Å². The van der Waals surface area contributed by atoms with E-state index >= 15 is 0 Å². The van der Waals surface area contributed by atoms with E-state index in [2.05, 4.69) is 58.3 Å². The lowest BCUT2D eigenvalue weighted by Crippen LogP contribution is -1.92. The van der Waals surface area contributed by atoms with Gasteiger partial charge in [-0.05, 0) is 30.5 Å². The lowest BCUT2D eigenvalue weighted by molar-refractivity contribution is 0.878. The van der Waals surface area contributed by atoms with Crippen LogP contribution in [0.3, 0.4) is 0 Å². The molecule has 0 aliphatic heterocycles. The average molecular weight is 320 g/mol. The third kappa shape index (κ3) is 2.57. The number of hydrogen-bond acceptors (Lipinski definition) is 4. The third-order valence-corrected chi connectivity index (χ3v) is 4.89. The number of benzene rings is 2. The van der Waals surface area contributed by atoms with Crippen LogP contribution in [0.5, 0.6) is 0 Å². The molecular weight excluding hydrogens is 304 g/mol. The monoisotopic (exact) mass is 320 g/mol. The van der Waals surface area contributed by atoms with E-state index in [1.807, 2.05) is 18.2 Å². The Morgan fingerprint density at radius 1 is 0.957 bits per heavy atom. The van der Waals surface area contributed by atoms with Crippen molar-refractivity contribution in [2.24, 2.45) is 0 Å². The van der Waals surface area contributed by atoms with E-state index in [1.165, 1.54) is 16.7 Å². The molecule has 1 N–H and O–H groups in total. The fourth-order valence-corrected chi connectivity index (χ4v) is 3.49. The maximum Gasteiger partial charge on any atom is 0.211 e. The van der Waals surface area contributed by atoms with Crippen LogP contribution in [-0.2, 0) is 5.75 Å². The van der Waals surface area contributed by atoms with Crippen LogP contribution in [0.4, 0.5) is 0 Å². The molecule has 0 atom stereocenters. The van der Waals surface area contributed by atoms with Gasteiger partial charge in [-0.2, -0.15) is 0 Å². The van der Waals surface area contributed by atoms with Crippen molar-refractivity contribution in [1.82, 2.24) is 20.2 Å². The van der Waals surface area contributed by atoms with Gasteiger partial charge in [0, 0.05) is 11.1 Å². The molecule has 114 valence electrons. The number of fused-ring (bicyclic) bond motifs is 3. The molecule has 0 saturated carbocycles. The summed E-state index contributed by atoms with van der Waals surface area (Å²) in [5, 5.41) is 10.5. The van der Waals surface area contributed by atoms with E-state index in [4.69, 9.17) is 0 Å². The van der Waals surface area contributed by atoms with Crippen molar-refractivity contribution in [2.45, 2.75) is 24.8 Å².